The first-order chi connectivity index (χ1) is 9.06. The van der Waals surface area contributed by atoms with Crippen LogP contribution in [0.4, 0.5) is 0 Å². The van der Waals surface area contributed by atoms with Gasteiger partial charge in [0.05, 0.1) is 11.7 Å². The van der Waals surface area contributed by atoms with Crippen molar-refractivity contribution in [2.24, 2.45) is 0 Å². The summed E-state index contributed by atoms with van der Waals surface area (Å²) >= 11 is 0. The lowest BCUT2D eigenvalue weighted by Crippen LogP contribution is -2.27. The van der Waals surface area contributed by atoms with E-state index in [1.807, 2.05) is 6.92 Å². The fourth-order valence-corrected chi connectivity index (χ4v) is 1.90. The number of hydrogen-bond donors (Lipinski definition) is 1. The van der Waals surface area contributed by atoms with Crippen molar-refractivity contribution < 1.29 is 14.6 Å². The molecule has 0 heterocycles. The summed E-state index contributed by atoms with van der Waals surface area (Å²) in [7, 11) is 0. The summed E-state index contributed by atoms with van der Waals surface area (Å²) in [6.07, 6.45) is 1.00. The van der Waals surface area contributed by atoms with E-state index in [-0.39, 0.29) is 11.7 Å². The number of carbonyl (C=O) groups is 1. The molecule has 0 amide bonds. The van der Waals surface area contributed by atoms with Gasteiger partial charge >= 0.3 is 5.97 Å². The van der Waals surface area contributed by atoms with Gasteiger partial charge in [-0.15, -0.1) is 0 Å². The van der Waals surface area contributed by atoms with Gasteiger partial charge in [0.1, 0.15) is 5.75 Å². The lowest BCUT2D eigenvalue weighted by molar-refractivity contribution is 0.0696. The fourth-order valence-electron chi connectivity index (χ4n) is 1.90. The molecule has 4 nitrogen and oxygen atoms in total. The Kier molecular flexibility index (Phi) is 6.36. The quantitative estimate of drug-likeness (QED) is 0.785. The molecule has 0 saturated carbocycles. The summed E-state index contributed by atoms with van der Waals surface area (Å²) in [5, 5.41) is 8.92. The average molecular weight is 265 g/mol. The molecule has 1 rings (SSSR count). The van der Waals surface area contributed by atoms with Crippen molar-refractivity contribution in [1.29, 1.82) is 0 Å². The molecule has 0 spiro atoms. The van der Waals surface area contributed by atoms with Crippen LogP contribution in [0.15, 0.2) is 24.3 Å². The van der Waals surface area contributed by atoms with Gasteiger partial charge < -0.3 is 14.7 Å². The molecule has 1 aromatic carbocycles. The molecule has 0 radical (unpaired) electrons. The van der Waals surface area contributed by atoms with Crippen LogP contribution in [0, 0.1) is 0 Å². The van der Waals surface area contributed by atoms with E-state index >= 15 is 0 Å². The topological polar surface area (TPSA) is 49.8 Å². The van der Waals surface area contributed by atoms with Crippen molar-refractivity contribution in [2.45, 2.75) is 33.3 Å². The van der Waals surface area contributed by atoms with Crippen molar-refractivity contribution in [3.05, 3.63) is 29.8 Å². The van der Waals surface area contributed by atoms with Crippen LogP contribution >= 0.6 is 0 Å². The van der Waals surface area contributed by atoms with E-state index in [0.717, 1.165) is 26.1 Å². The summed E-state index contributed by atoms with van der Waals surface area (Å²) in [4.78, 5) is 13.2. The Bertz CT molecular complexity index is 402. The number of carboxylic acid groups (broad SMARTS) is 1. The minimum atomic E-state index is -0.929. The number of benzene rings is 1. The van der Waals surface area contributed by atoms with Gasteiger partial charge in [-0.05, 0) is 44.6 Å². The van der Waals surface area contributed by atoms with Crippen molar-refractivity contribution >= 4 is 5.97 Å². The van der Waals surface area contributed by atoms with Crippen LogP contribution < -0.4 is 4.74 Å². The average Bonchev–Trinajstić information content (AvgIpc) is 2.40. The normalized spacial score (nSPS) is 12.4. The molecule has 0 aliphatic rings. The van der Waals surface area contributed by atoms with E-state index in [4.69, 9.17) is 9.84 Å². The highest BCUT2D eigenvalue weighted by molar-refractivity contribution is 5.87. The minimum absolute atomic E-state index is 0.0737. The standard InChI is InChI=1S/C15H23NO3/c1-4-16(5-2)10-9-12(3)19-14-8-6-7-13(11-14)15(17)18/h6-8,11-12H,4-5,9-10H2,1-3H3,(H,17,18). The second-order valence-corrected chi connectivity index (χ2v) is 4.58. The molecule has 1 atom stereocenters. The molecule has 0 bridgehead atoms. The molecular weight excluding hydrogens is 242 g/mol. The predicted molar refractivity (Wildman–Crippen MR) is 75.9 cm³/mol. The maximum Gasteiger partial charge on any atom is 0.335 e. The molecule has 0 fully saturated rings. The molecule has 106 valence electrons. The number of carboxylic acids is 1. The molecule has 0 saturated heterocycles. The molecule has 1 N–H and O–H groups in total. The van der Waals surface area contributed by atoms with Gasteiger partial charge in [0, 0.05) is 6.54 Å². The van der Waals surface area contributed by atoms with Crippen LogP contribution in [0.1, 0.15) is 37.6 Å². The maximum absolute atomic E-state index is 10.9. The third kappa shape index (κ3) is 5.30. The smallest absolute Gasteiger partial charge is 0.335 e. The maximum atomic E-state index is 10.9. The Morgan fingerprint density at radius 3 is 2.63 bits per heavy atom. The van der Waals surface area contributed by atoms with Gasteiger partial charge in [-0.3, -0.25) is 0 Å². The van der Waals surface area contributed by atoms with E-state index < -0.39 is 5.97 Å². The van der Waals surface area contributed by atoms with Crippen LogP contribution in [0.2, 0.25) is 0 Å². The Hall–Kier alpha value is -1.55. The van der Waals surface area contributed by atoms with Crippen LogP contribution in [0.5, 0.6) is 5.75 Å². The van der Waals surface area contributed by atoms with Gasteiger partial charge in [-0.1, -0.05) is 19.9 Å². The second kappa shape index (κ2) is 7.79. The first-order valence-electron chi connectivity index (χ1n) is 6.79. The number of rotatable bonds is 8. The summed E-state index contributed by atoms with van der Waals surface area (Å²) in [5.41, 5.74) is 0.258. The predicted octanol–water partition coefficient (Wildman–Crippen LogP) is 2.88. The summed E-state index contributed by atoms with van der Waals surface area (Å²) in [6.45, 7) is 9.37. The lowest BCUT2D eigenvalue weighted by atomic mass is 10.2. The number of nitrogens with zero attached hydrogens (tertiary/aromatic N) is 1. The SMILES string of the molecule is CCN(CC)CCC(C)Oc1cccc(C(=O)O)c1. The Morgan fingerprint density at radius 2 is 2.05 bits per heavy atom. The minimum Gasteiger partial charge on any atom is -0.491 e. The highest BCUT2D eigenvalue weighted by atomic mass is 16.5. The second-order valence-electron chi connectivity index (χ2n) is 4.58. The van der Waals surface area contributed by atoms with Crippen molar-refractivity contribution in [3.8, 4) is 5.75 Å². The third-order valence-electron chi connectivity index (χ3n) is 3.16. The zero-order valence-corrected chi connectivity index (χ0v) is 11.9. The zero-order valence-electron chi connectivity index (χ0n) is 11.9. The molecule has 0 aliphatic carbocycles. The van der Waals surface area contributed by atoms with Gasteiger partial charge in [0.2, 0.25) is 0 Å². The molecule has 19 heavy (non-hydrogen) atoms. The van der Waals surface area contributed by atoms with Crippen LogP contribution in [0.25, 0.3) is 0 Å². The van der Waals surface area contributed by atoms with Gasteiger partial charge in [0.15, 0.2) is 0 Å². The number of hydrogen-bond acceptors (Lipinski definition) is 3. The zero-order chi connectivity index (χ0) is 14.3. The van der Waals surface area contributed by atoms with Gasteiger partial charge in [-0.2, -0.15) is 0 Å². The molecule has 1 unspecified atom stereocenters. The van der Waals surface area contributed by atoms with Crippen LogP contribution in [-0.2, 0) is 0 Å². The van der Waals surface area contributed by atoms with Gasteiger partial charge in [-0.25, -0.2) is 4.79 Å². The molecule has 4 heteroatoms. The highest BCUT2D eigenvalue weighted by Gasteiger charge is 2.09. The largest absolute Gasteiger partial charge is 0.491 e. The molecule has 0 aromatic heterocycles. The van der Waals surface area contributed by atoms with E-state index in [0.29, 0.717) is 5.75 Å². The van der Waals surface area contributed by atoms with Crippen molar-refractivity contribution in [3.63, 3.8) is 0 Å². The third-order valence-corrected chi connectivity index (χ3v) is 3.16. The molecule has 1 aromatic rings. The first-order valence-corrected chi connectivity index (χ1v) is 6.79. The van der Waals surface area contributed by atoms with E-state index in [1.165, 1.54) is 0 Å². The van der Waals surface area contributed by atoms with E-state index in [2.05, 4.69) is 18.7 Å². The Balaban J connectivity index is 2.50. The number of ether oxygens (including phenoxy) is 1. The summed E-state index contributed by atoms with van der Waals surface area (Å²) in [6, 6.07) is 6.63. The van der Waals surface area contributed by atoms with Gasteiger partial charge in [0.25, 0.3) is 0 Å². The number of aromatic carboxylic acids is 1. The monoisotopic (exact) mass is 265 g/mol. The summed E-state index contributed by atoms with van der Waals surface area (Å²) < 4.78 is 5.75. The molecule has 0 aliphatic heterocycles. The van der Waals surface area contributed by atoms with Crippen LogP contribution in [0.3, 0.4) is 0 Å². The van der Waals surface area contributed by atoms with E-state index in [1.54, 1.807) is 24.3 Å². The van der Waals surface area contributed by atoms with Crippen molar-refractivity contribution in [2.75, 3.05) is 19.6 Å². The molecular formula is C15H23NO3. The first kappa shape index (κ1) is 15.5. The lowest BCUT2D eigenvalue weighted by Gasteiger charge is -2.21. The van der Waals surface area contributed by atoms with Crippen LogP contribution in [-0.4, -0.2) is 41.7 Å². The van der Waals surface area contributed by atoms with Crippen molar-refractivity contribution in [1.82, 2.24) is 4.90 Å². The fraction of sp³-hybridized carbons (Fsp3) is 0.533. The van der Waals surface area contributed by atoms with E-state index in [9.17, 15) is 4.79 Å². The Labute approximate surface area is 115 Å². The Morgan fingerprint density at radius 1 is 1.37 bits per heavy atom. The summed E-state index contributed by atoms with van der Waals surface area (Å²) in [5.74, 6) is -0.312. The highest BCUT2D eigenvalue weighted by Crippen LogP contribution is 2.16.